The van der Waals surface area contributed by atoms with E-state index in [0.29, 0.717) is 18.4 Å². The highest BCUT2D eigenvalue weighted by atomic mass is 35.5. The van der Waals surface area contributed by atoms with Gasteiger partial charge in [0.05, 0.1) is 0 Å². The van der Waals surface area contributed by atoms with Crippen molar-refractivity contribution in [1.29, 1.82) is 0 Å². The average molecular weight is 315 g/mol. The number of rotatable bonds is 4. The average Bonchev–Trinajstić information content (AvgIpc) is 2.46. The molecule has 2 rings (SSSR count). The maximum atomic E-state index is 13.5. The van der Waals surface area contributed by atoms with Crippen LogP contribution >= 0.6 is 12.4 Å². The van der Waals surface area contributed by atoms with E-state index in [9.17, 15) is 9.18 Å². The van der Waals surface area contributed by atoms with Crippen molar-refractivity contribution in [2.45, 2.75) is 38.6 Å². The van der Waals surface area contributed by atoms with Crippen molar-refractivity contribution in [3.8, 4) is 0 Å². The molecule has 118 valence electrons. The molecule has 5 heteroatoms. The van der Waals surface area contributed by atoms with Gasteiger partial charge in [0.1, 0.15) is 5.82 Å². The molecule has 0 radical (unpaired) electrons. The molecule has 1 aliphatic rings. The molecule has 0 aromatic heterocycles. The summed E-state index contributed by atoms with van der Waals surface area (Å²) in [5.41, 5.74) is 6.53. The number of nitrogens with zero attached hydrogens (tertiary/aromatic N) is 1. The van der Waals surface area contributed by atoms with Crippen LogP contribution in [-0.4, -0.2) is 29.9 Å². The highest BCUT2D eigenvalue weighted by Gasteiger charge is 2.24. The Balaban J connectivity index is 0.00000220. The Bertz CT molecular complexity index is 461. The molecule has 1 fully saturated rings. The van der Waals surface area contributed by atoms with Crippen LogP contribution in [-0.2, 0) is 11.2 Å². The lowest BCUT2D eigenvalue weighted by atomic mass is 9.98. The number of nitrogens with two attached hydrogens (primary N) is 1. The molecule has 21 heavy (non-hydrogen) atoms. The van der Waals surface area contributed by atoms with E-state index in [-0.39, 0.29) is 36.1 Å². The predicted molar refractivity (Wildman–Crippen MR) is 84.9 cm³/mol. The van der Waals surface area contributed by atoms with Gasteiger partial charge in [0.25, 0.3) is 0 Å². The van der Waals surface area contributed by atoms with Crippen LogP contribution in [0.15, 0.2) is 24.3 Å². The molecule has 1 heterocycles. The van der Waals surface area contributed by atoms with Gasteiger partial charge < -0.3 is 10.6 Å². The number of piperidine rings is 1. The Kier molecular flexibility index (Phi) is 7.12. The summed E-state index contributed by atoms with van der Waals surface area (Å²) in [6, 6.07) is 6.99. The van der Waals surface area contributed by atoms with Crippen molar-refractivity contribution >= 4 is 18.3 Å². The molecule has 1 atom stereocenters. The van der Waals surface area contributed by atoms with E-state index in [2.05, 4.69) is 0 Å². The summed E-state index contributed by atoms with van der Waals surface area (Å²) >= 11 is 0. The fraction of sp³-hybridized carbons (Fsp3) is 0.562. The first-order chi connectivity index (χ1) is 9.58. The summed E-state index contributed by atoms with van der Waals surface area (Å²) in [6.07, 6.45) is 3.05. The number of carbonyl (C=O) groups is 1. The van der Waals surface area contributed by atoms with E-state index < -0.39 is 0 Å². The van der Waals surface area contributed by atoms with Crippen molar-refractivity contribution in [2.75, 3.05) is 13.1 Å². The van der Waals surface area contributed by atoms with Gasteiger partial charge in [0.2, 0.25) is 5.91 Å². The third-order valence-corrected chi connectivity index (χ3v) is 4.08. The van der Waals surface area contributed by atoms with Gasteiger partial charge in [-0.2, -0.15) is 0 Å². The van der Waals surface area contributed by atoms with Gasteiger partial charge in [0, 0.05) is 25.0 Å². The number of hydrogen-bond donors (Lipinski definition) is 1. The summed E-state index contributed by atoms with van der Waals surface area (Å²) in [6.45, 7) is 3.44. The number of hydrogen-bond acceptors (Lipinski definition) is 2. The summed E-state index contributed by atoms with van der Waals surface area (Å²) in [4.78, 5) is 14.2. The molecule has 0 saturated carbocycles. The minimum Gasteiger partial charge on any atom is -0.342 e. The largest absolute Gasteiger partial charge is 0.342 e. The SMILES string of the molecule is CC(CCc1ccccc1F)C(=O)N1CCC(N)CC1.Cl. The van der Waals surface area contributed by atoms with Gasteiger partial charge in [-0.25, -0.2) is 4.39 Å². The zero-order chi connectivity index (χ0) is 14.5. The first kappa shape index (κ1) is 17.9. The Hall–Kier alpha value is -1.13. The van der Waals surface area contributed by atoms with Crippen molar-refractivity contribution in [3.05, 3.63) is 35.6 Å². The first-order valence-corrected chi connectivity index (χ1v) is 7.35. The summed E-state index contributed by atoms with van der Waals surface area (Å²) in [5, 5.41) is 0. The maximum absolute atomic E-state index is 13.5. The van der Waals surface area contributed by atoms with Crippen molar-refractivity contribution in [2.24, 2.45) is 11.7 Å². The molecule has 1 amide bonds. The molecule has 1 aromatic rings. The Morgan fingerprint density at radius 1 is 1.38 bits per heavy atom. The van der Waals surface area contributed by atoms with E-state index in [1.165, 1.54) is 6.07 Å². The maximum Gasteiger partial charge on any atom is 0.225 e. The molecule has 0 spiro atoms. The standard InChI is InChI=1S/C16H23FN2O.ClH/c1-12(6-7-13-4-2-3-5-15(13)17)16(20)19-10-8-14(18)9-11-19;/h2-5,12,14H,6-11,18H2,1H3;1H. The topological polar surface area (TPSA) is 46.3 Å². The normalized spacial score (nSPS) is 17.2. The van der Waals surface area contributed by atoms with Crippen LogP contribution < -0.4 is 5.73 Å². The third-order valence-electron chi connectivity index (χ3n) is 4.08. The fourth-order valence-corrected chi connectivity index (χ4v) is 2.63. The zero-order valence-electron chi connectivity index (χ0n) is 12.4. The van der Waals surface area contributed by atoms with E-state index in [4.69, 9.17) is 5.73 Å². The number of amides is 1. The molecule has 2 N–H and O–H groups in total. The highest BCUT2D eigenvalue weighted by molar-refractivity contribution is 5.85. The van der Waals surface area contributed by atoms with Crippen LogP contribution in [0.25, 0.3) is 0 Å². The molecule has 1 aromatic carbocycles. The second-order valence-corrected chi connectivity index (χ2v) is 5.69. The minimum absolute atomic E-state index is 0. The van der Waals surface area contributed by atoms with Gasteiger partial charge in [-0.1, -0.05) is 25.1 Å². The van der Waals surface area contributed by atoms with Gasteiger partial charge in [0.15, 0.2) is 0 Å². The molecular weight excluding hydrogens is 291 g/mol. The fourth-order valence-electron chi connectivity index (χ4n) is 2.63. The third kappa shape index (κ3) is 4.97. The van der Waals surface area contributed by atoms with Gasteiger partial charge >= 0.3 is 0 Å². The second kappa shape index (κ2) is 8.35. The molecule has 1 unspecified atom stereocenters. The van der Waals surface area contributed by atoms with Crippen molar-refractivity contribution in [3.63, 3.8) is 0 Å². The Labute approximate surface area is 132 Å². The Morgan fingerprint density at radius 3 is 2.62 bits per heavy atom. The Morgan fingerprint density at radius 2 is 2.00 bits per heavy atom. The van der Waals surface area contributed by atoms with Crippen LogP contribution in [0.5, 0.6) is 0 Å². The lowest BCUT2D eigenvalue weighted by Crippen LogP contribution is -2.44. The van der Waals surface area contributed by atoms with E-state index >= 15 is 0 Å². The van der Waals surface area contributed by atoms with Crippen molar-refractivity contribution in [1.82, 2.24) is 4.90 Å². The molecule has 0 aliphatic carbocycles. The number of aryl methyl sites for hydroxylation is 1. The quantitative estimate of drug-likeness (QED) is 0.929. The van der Waals surface area contributed by atoms with Crippen LogP contribution in [0.1, 0.15) is 31.7 Å². The zero-order valence-corrected chi connectivity index (χ0v) is 13.2. The summed E-state index contributed by atoms with van der Waals surface area (Å²) in [7, 11) is 0. The number of halogens is 2. The van der Waals surface area contributed by atoms with Gasteiger partial charge in [-0.15, -0.1) is 12.4 Å². The smallest absolute Gasteiger partial charge is 0.225 e. The number of carbonyl (C=O) groups excluding carboxylic acids is 1. The predicted octanol–water partition coefficient (Wildman–Crippen LogP) is 2.77. The van der Waals surface area contributed by atoms with Crippen molar-refractivity contribution < 1.29 is 9.18 Å². The van der Waals surface area contributed by atoms with E-state index in [1.54, 1.807) is 12.1 Å². The van der Waals surface area contributed by atoms with Crippen LogP contribution in [0, 0.1) is 11.7 Å². The van der Waals surface area contributed by atoms with Gasteiger partial charge in [-0.05, 0) is 37.3 Å². The number of likely N-dealkylation sites (tertiary alicyclic amines) is 1. The lowest BCUT2D eigenvalue weighted by Gasteiger charge is -2.32. The lowest BCUT2D eigenvalue weighted by molar-refractivity contribution is -0.136. The summed E-state index contributed by atoms with van der Waals surface area (Å²) in [5.74, 6) is -0.0757. The molecule has 1 aliphatic heterocycles. The second-order valence-electron chi connectivity index (χ2n) is 5.69. The minimum atomic E-state index is -0.184. The van der Waals surface area contributed by atoms with E-state index in [0.717, 1.165) is 25.9 Å². The van der Waals surface area contributed by atoms with Crippen LogP contribution in [0.2, 0.25) is 0 Å². The monoisotopic (exact) mass is 314 g/mol. The molecule has 1 saturated heterocycles. The van der Waals surface area contributed by atoms with E-state index in [1.807, 2.05) is 17.9 Å². The number of benzene rings is 1. The molecular formula is C16H24ClFN2O. The molecule has 3 nitrogen and oxygen atoms in total. The van der Waals surface area contributed by atoms with Crippen LogP contribution in [0.4, 0.5) is 4.39 Å². The first-order valence-electron chi connectivity index (χ1n) is 7.35. The van der Waals surface area contributed by atoms with Crippen LogP contribution in [0.3, 0.4) is 0 Å². The summed E-state index contributed by atoms with van der Waals surface area (Å²) < 4.78 is 13.5. The highest BCUT2D eigenvalue weighted by Crippen LogP contribution is 2.17. The molecule has 0 bridgehead atoms. The van der Waals surface area contributed by atoms with Gasteiger partial charge in [-0.3, -0.25) is 4.79 Å².